The van der Waals surface area contributed by atoms with Gasteiger partial charge in [-0.25, -0.2) is 4.98 Å². The van der Waals surface area contributed by atoms with E-state index in [1.807, 2.05) is 35.8 Å². The fraction of sp³-hybridized carbons (Fsp3) is 0.214. The van der Waals surface area contributed by atoms with E-state index in [9.17, 15) is 0 Å². The molecule has 2 N–H and O–H groups in total. The van der Waals surface area contributed by atoms with E-state index in [4.69, 9.17) is 10.5 Å². The van der Waals surface area contributed by atoms with Crippen LogP contribution in [0.1, 0.15) is 11.4 Å². The lowest BCUT2D eigenvalue weighted by Crippen LogP contribution is -2.07. The minimum absolute atomic E-state index is 0.420. The number of aryl methyl sites for hydroxylation is 1. The number of methoxy groups -OCH3 is 1. The van der Waals surface area contributed by atoms with Crippen LogP contribution in [0.4, 0.5) is 5.95 Å². The standard InChI is InChI=1S/C14H15N5O/c1-9-4-3-5-10(16-9)8-19-13-11(17-14(19)15)6-7-12(18-13)20-2/h3-7H,8H2,1-2H3,(H2,15,17). The maximum absolute atomic E-state index is 5.97. The summed E-state index contributed by atoms with van der Waals surface area (Å²) in [6.07, 6.45) is 0. The highest BCUT2D eigenvalue weighted by atomic mass is 16.5. The van der Waals surface area contributed by atoms with Gasteiger partial charge in [-0.15, -0.1) is 0 Å². The molecule has 0 aliphatic carbocycles. The highest BCUT2D eigenvalue weighted by Gasteiger charge is 2.11. The Kier molecular flexibility index (Phi) is 2.98. The lowest BCUT2D eigenvalue weighted by Gasteiger charge is -2.06. The van der Waals surface area contributed by atoms with Gasteiger partial charge in [-0.3, -0.25) is 9.55 Å². The van der Waals surface area contributed by atoms with Gasteiger partial charge in [0.05, 0.1) is 19.3 Å². The van der Waals surface area contributed by atoms with Gasteiger partial charge in [0, 0.05) is 11.8 Å². The van der Waals surface area contributed by atoms with Crippen LogP contribution in [0, 0.1) is 6.92 Å². The number of fused-ring (bicyclic) bond motifs is 1. The van der Waals surface area contributed by atoms with Crippen molar-refractivity contribution < 1.29 is 4.74 Å². The molecule has 0 saturated heterocycles. The average molecular weight is 269 g/mol. The van der Waals surface area contributed by atoms with E-state index in [1.165, 1.54) is 0 Å². The summed E-state index contributed by atoms with van der Waals surface area (Å²) < 4.78 is 6.98. The number of nitrogens with zero attached hydrogens (tertiary/aromatic N) is 4. The Morgan fingerprint density at radius 1 is 1.15 bits per heavy atom. The molecule has 6 heteroatoms. The largest absolute Gasteiger partial charge is 0.481 e. The second kappa shape index (κ2) is 4.80. The van der Waals surface area contributed by atoms with Gasteiger partial charge >= 0.3 is 0 Å². The minimum atomic E-state index is 0.420. The summed E-state index contributed by atoms with van der Waals surface area (Å²) in [5.41, 5.74) is 9.31. The molecule has 0 atom stereocenters. The van der Waals surface area contributed by atoms with Crippen LogP contribution in [0.15, 0.2) is 30.3 Å². The predicted octanol–water partition coefficient (Wildman–Crippen LogP) is 1.77. The molecule has 102 valence electrons. The van der Waals surface area contributed by atoms with Gasteiger partial charge in [-0.05, 0) is 25.1 Å². The summed E-state index contributed by atoms with van der Waals surface area (Å²) in [5, 5.41) is 0. The van der Waals surface area contributed by atoms with Crippen LogP contribution in [0.5, 0.6) is 5.88 Å². The molecule has 0 radical (unpaired) electrons. The Bertz CT molecular complexity index is 765. The van der Waals surface area contributed by atoms with Crippen LogP contribution in [-0.4, -0.2) is 26.6 Å². The topological polar surface area (TPSA) is 78.9 Å². The van der Waals surface area contributed by atoms with Crippen molar-refractivity contribution in [3.63, 3.8) is 0 Å². The van der Waals surface area contributed by atoms with Crippen LogP contribution >= 0.6 is 0 Å². The van der Waals surface area contributed by atoms with Gasteiger partial charge in [0.1, 0.15) is 5.52 Å². The molecule has 0 aliphatic heterocycles. The normalized spacial score (nSPS) is 10.9. The van der Waals surface area contributed by atoms with Crippen molar-refractivity contribution in [2.45, 2.75) is 13.5 Å². The highest BCUT2D eigenvalue weighted by molar-refractivity contribution is 5.74. The molecule has 0 amide bonds. The van der Waals surface area contributed by atoms with Crippen molar-refractivity contribution in [2.24, 2.45) is 0 Å². The number of nitrogens with two attached hydrogens (primary N) is 1. The molecule has 0 saturated carbocycles. The third-order valence-electron chi connectivity index (χ3n) is 3.07. The van der Waals surface area contributed by atoms with Gasteiger partial charge < -0.3 is 10.5 Å². The maximum atomic E-state index is 5.97. The molecular formula is C14H15N5O. The second-order valence-electron chi connectivity index (χ2n) is 4.52. The van der Waals surface area contributed by atoms with Crippen molar-refractivity contribution in [1.29, 1.82) is 0 Å². The summed E-state index contributed by atoms with van der Waals surface area (Å²) in [7, 11) is 1.58. The summed E-state index contributed by atoms with van der Waals surface area (Å²) in [4.78, 5) is 13.2. The predicted molar refractivity (Wildman–Crippen MR) is 76.6 cm³/mol. The van der Waals surface area contributed by atoms with Crippen molar-refractivity contribution in [2.75, 3.05) is 12.8 Å². The summed E-state index contributed by atoms with van der Waals surface area (Å²) in [6, 6.07) is 9.50. The van der Waals surface area contributed by atoms with Crippen LogP contribution in [-0.2, 0) is 6.54 Å². The van der Waals surface area contributed by atoms with Crippen molar-refractivity contribution in [3.05, 3.63) is 41.7 Å². The molecule has 6 nitrogen and oxygen atoms in total. The first-order chi connectivity index (χ1) is 9.67. The third kappa shape index (κ3) is 2.16. The number of ether oxygens (including phenoxy) is 1. The molecule has 0 unspecified atom stereocenters. The molecule has 0 aliphatic rings. The maximum Gasteiger partial charge on any atom is 0.215 e. The van der Waals surface area contributed by atoms with Crippen LogP contribution < -0.4 is 10.5 Å². The Hall–Kier alpha value is -2.63. The SMILES string of the molecule is COc1ccc2nc(N)n(Cc3cccc(C)n3)c2n1. The fourth-order valence-corrected chi connectivity index (χ4v) is 2.12. The van der Waals surface area contributed by atoms with Gasteiger partial charge in [-0.2, -0.15) is 4.98 Å². The van der Waals surface area contributed by atoms with Crippen molar-refractivity contribution >= 4 is 17.1 Å². The molecule has 0 aromatic carbocycles. The number of pyridine rings is 2. The third-order valence-corrected chi connectivity index (χ3v) is 3.07. The van der Waals surface area contributed by atoms with E-state index in [1.54, 1.807) is 13.2 Å². The number of aromatic nitrogens is 4. The lowest BCUT2D eigenvalue weighted by molar-refractivity contribution is 0.399. The molecule has 0 spiro atoms. The number of imidazole rings is 1. The highest BCUT2D eigenvalue weighted by Crippen LogP contribution is 2.20. The Morgan fingerprint density at radius 3 is 2.75 bits per heavy atom. The number of hydrogen-bond acceptors (Lipinski definition) is 5. The van der Waals surface area contributed by atoms with Gasteiger partial charge in [-0.1, -0.05) is 6.07 Å². The first-order valence-electron chi connectivity index (χ1n) is 6.26. The Morgan fingerprint density at radius 2 is 2.00 bits per heavy atom. The quantitative estimate of drug-likeness (QED) is 0.784. The monoisotopic (exact) mass is 269 g/mol. The zero-order chi connectivity index (χ0) is 14.1. The summed E-state index contributed by atoms with van der Waals surface area (Å²) >= 11 is 0. The molecule has 3 aromatic rings. The molecule has 3 aromatic heterocycles. The van der Waals surface area contributed by atoms with E-state index in [-0.39, 0.29) is 0 Å². The smallest absolute Gasteiger partial charge is 0.215 e. The molecule has 0 bridgehead atoms. The second-order valence-corrected chi connectivity index (χ2v) is 4.52. The fourth-order valence-electron chi connectivity index (χ4n) is 2.12. The molecule has 3 rings (SSSR count). The summed E-state index contributed by atoms with van der Waals surface area (Å²) in [6.45, 7) is 2.49. The summed E-state index contributed by atoms with van der Waals surface area (Å²) in [5.74, 6) is 0.958. The molecule has 20 heavy (non-hydrogen) atoms. The molecule has 3 heterocycles. The van der Waals surface area contributed by atoms with Crippen LogP contribution in [0.25, 0.3) is 11.2 Å². The van der Waals surface area contributed by atoms with Crippen LogP contribution in [0.3, 0.4) is 0 Å². The van der Waals surface area contributed by atoms with E-state index >= 15 is 0 Å². The number of rotatable bonds is 3. The van der Waals surface area contributed by atoms with Gasteiger partial charge in [0.2, 0.25) is 11.8 Å². The Balaban J connectivity index is 2.08. The zero-order valence-electron chi connectivity index (χ0n) is 11.4. The molecular weight excluding hydrogens is 254 g/mol. The number of hydrogen-bond donors (Lipinski definition) is 1. The first-order valence-corrected chi connectivity index (χ1v) is 6.26. The van der Waals surface area contributed by atoms with E-state index in [0.29, 0.717) is 24.0 Å². The van der Waals surface area contributed by atoms with E-state index in [0.717, 1.165) is 16.9 Å². The Labute approximate surface area is 116 Å². The average Bonchev–Trinajstić information content (AvgIpc) is 2.74. The number of anilines is 1. The van der Waals surface area contributed by atoms with Crippen molar-refractivity contribution in [1.82, 2.24) is 19.5 Å². The minimum Gasteiger partial charge on any atom is -0.481 e. The first kappa shape index (κ1) is 12.4. The zero-order valence-corrected chi connectivity index (χ0v) is 11.4. The molecule has 0 fully saturated rings. The van der Waals surface area contributed by atoms with E-state index in [2.05, 4.69) is 15.0 Å². The van der Waals surface area contributed by atoms with Gasteiger partial charge in [0.25, 0.3) is 0 Å². The lowest BCUT2D eigenvalue weighted by atomic mass is 10.3. The van der Waals surface area contributed by atoms with Gasteiger partial charge in [0.15, 0.2) is 5.65 Å². The number of nitrogen functional groups attached to an aromatic ring is 1. The van der Waals surface area contributed by atoms with Crippen LogP contribution in [0.2, 0.25) is 0 Å². The van der Waals surface area contributed by atoms with E-state index < -0.39 is 0 Å². The van der Waals surface area contributed by atoms with Crippen molar-refractivity contribution in [3.8, 4) is 5.88 Å².